The van der Waals surface area contributed by atoms with Gasteiger partial charge in [-0.15, -0.1) is 0 Å². The Kier molecular flexibility index (Phi) is 2.62. The standard InChI is InChI=1S/C8H11FN2O/c9-6-3-1-2-5(8(6)11)7(10)4-12/h1-3,7,12H,4,10-11H2/t7-/m1/s1. The van der Waals surface area contributed by atoms with Crippen LogP contribution in [0.3, 0.4) is 0 Å². The van der Waals surface area contributed by atoms with E-state index in [1.165, 1.54) is 12.1 Å². The first kappa shape index (κ1) is 8.96. The van der Waals surface area contributed by atoms with Crippen molar-refractivity contribution in [2.45, 2.75) is 6.04 Å². The van der Waals surface area contributed by atoms with Gasteiger partial charge in [-0.05, 0) is 11.6 Å². The summed E-state index contributed by atoms with van der Waals surface area (Å²) >= 11 is 0. The summed E-state index contributed by atoms with van der Waals surface area (Å²) in [5, 5.41) is 8.70. The topological polar surface area (TPSA) is 72.3 Å². The van der Waals surface area contributed by atoms with Crippen molar-refractivity contribution in [3.8, 4) is 0 Å². The fourth-order valence-electron chi connectivity index (χ4n) is 0.975. The molecule has 1 atom stereocenters. The zero-order chi connectivity index (χ0) is 9.14. The molecule has 0 heterocycles. The molecule has 1 aromatic carbocycles. The van der Waals surface area contributed by atoms with Crippen LogP contribution in [0.1, 0.15) is 11.6 Å². The van der Waals surface area contributed by atoms with Gasteiger partial charge in [-0.25, -0.2) is 4.39 Å². The fourth-order valence-corrected chi connectivity index (χ4v) is 0.975. The quantitative estimate of drug-likeness (QED) is 0.562. The van der Waals surface area contributed by atoms with Crippen molar-refractivity contribution in [2.24, 2.45) is 5.73 Å². The molecule has 1 rings (SSSR count). The van der Waals surface area contributed by atoms with Gasteiger partial charge in [-0.2, -0.15) is 0 Å². The smallest absolute Gasteiger partial charge is 0.146 e. The summed E-state index contributed by atoms with van der Waals surface area (Å²) in [5.74, 6) is -0.503. The van der Waals surface area contributed by atoms with Crippen LogP contribution in [0.25, 0.3) is 0 Å². The van der Waals surface area contributed by atoms with E-state index >= 15 is 0 Å². The molecule has 3 nitrogen and oxygen atoms in total. The van der Waals surface area contributed by atoms with Gasteiger partial charge in [0, 0.05) is 0 Å². The van der Waals surface area contributed by atoms with Crippen LogP contribution in [-0.2, 0) is 0 Å². The van der Waals surface area contributed by atoms with Gasteiger partial charge in [0.15, 0.2) is 0 Å². The van der Waals surface area contributed by atoms with Gasteiger partial charge in [-0.1, -0.05) is 12.1 Å². The Labute approximate surface area is 69.8 Å². The number of para-hydroxylation sites is 1. The van der Waals surface area contributed by atoms with E-state index in [2.05, 4.69) is 0 Å². The summed E-state index contributed by atoms with van der Waals surface area (Å²) in [6.07, 6.45) is 0. The molecule has 1 aromatic rings. The van der Waals surface area contributed by atoms with Gasteiger partial charge >= 0.3 is 0 Å². The van der Waals surface area contributed by atoms with E-state index in [0.717, 1.165) is 0 Å². The second-order valence-electron chi connectivity index (χ2n) is 2.53. The largest absolute Gasteiger partial charge is 0.396 e. The van der Waals surface area contributed by atoms with Gasteiger partial charge < -0.3 is 16.6 Å². The number of aliphatic hydroxyl groups excluding tert-OH is 1. The van der Waals surface area contributed by atoms with Crippen molar-refractivity contribution in [3.05, 3.63) is 29.6 Å². The zero-order valence-electron chi connectivity index (χ0n) is 6.50. The fraction of sp³-hybridized carbons (Fsp3) is 0.250. The van der Waals surface area contributed by atoms with Crippen molar-refractivity contribution in [1.29, 1.82) is 0 Å². The highest BCUT2D eigenvalue weighted by Gasteiger charge is 2.10. The molecule has 5 N–H and O–H groups in total. The van der Waals surface area contributed by atoms with Gasteiger partial charge in [-0.3, -0.25) is 0 Å². The summed E-state index contributed by atoms with van der Waals surface area (Å²) in [4.78, 5) is 0. The number of nitrogens with two attached hydrogens (primary N) is 2. The Balaban J connectivity index is 3.07. The Morgan fingerprint density at radius 1 is 1.50 bits per heavy atom. The van der Waals surface area contributed by atoms with Crippen LogP contribution in [-0.4, -0.2) is 11.7 Å². The SMILES string of the molecule is Nc1c(F)cccc1[C@H](N)CO. The van der Waals surface area contributed by atoms with Gasteiger partial charge in [0.05, 0.1) is 18.3 Å². The monoisotopic (exact) mass is 170 g/mol. The predicted octanol–water partition coefficient (Wildman–Crippen LogP) is 0.400. The maximum Gasteiger partial charge on any atom is 0.146 e. The van der Waals surface area contributed by atoms with Gasteiger partial charge in [0.1, 0.15) is 5.82 Å². The van der Waals surface area contributed by atoms with E-state index in [1.807, 2.05) is 0 Å². The van der Waals surface area contributed by atoms with E-state index in [0.29, 0.717) is 5.56 Å². The summed E-state index contributed by atoms with van der Waals surface area (Å²) in [6.45, 7) is -0.242. The molecule has 0 unspecified atom stereocenters. The van der Waals surface area contributed by atoms with Crippen molar-refractivity contribution in [3.63, 3.8) is 0 Å². The van der Waals surface area contributed by atoms with Crippen molar-refractivity contribution < 1.29 is 9.50 Å². The number of hydrogen-bond donors (Lipinski definition) is 3. The van der Waals surface area contributed by atoms with E-state index in [9.17, 15) is 4.39 Å². The van der Waals surface area contributed by atoms with Crippen LogP contribution in [0.15, 0.2) is 18.2 Å². The normalized spacial score (nSPS) is 12.9. The molecule has 0 saturated heterocycles. The zero-order valence-corrected chi connectivity index (χ0v) is 6.50. The molecule has 0 radical (unpaired) electrons. The average molecular weight is 170 g/mol. The lowest BCUT2D eigenvalue weighted by molar-refractivity contribution is 0.268. The van der Waals surface area contributed by atoms with Crippen molar-refractivity contribution in [1.82, 2.24) is 0 Å². The van der Waals surface area contributed by atoms with Crippen molar-refractivity contribution >= 4 is 5.69 Å². The highest BCUT2D eigenvalue weighted by atomic mass is 19.1. The Bertz CT molecular complexity index is 278. The van der Waals surface area contributed by atoms with Crippen LogP contribution in [0.5, 0.6) is 0 Å². The maximum absolute atomic E-state index is 12.8. The van der Waals surface area contributed by atoms with Crippen LogP contribution in [0.4, 0.5) is 10.1 Å². The number of nitrogen functional groups attached to an aromatic ring is 1. The van der Waals surface area contributed by atoms with Crippen LogP contribution in [0, 0.1) is 5.82 Å². The third-order valence-corrected chi connectivity index (χ3v) is 1.68. The molecule has 0 saturated carbocycles. The summed E-state index contributed by atoms with van der Waals surface area (Å²) < 4.78 is 12.8. The first-order valence-electron chi connectivity index (χ1n) is 3.57. The number of benzene rings is 1. The lowest BCUT2D eigenvalue weighted by Gasteiger charge is -2.11. The molecule has 12 heavy (non-hydrogen) atoms. The van der Waals surface area contributed by atoms with E-state index in [-0.39, 0.29) is 12.3 Å². The Hall–Kier alpha value is -1.13. The van der Waals surface area contributed by atoms with E-state index in [1.54, 1.807) is 6.07 Å². The number of halogens is 1. The number of hydrogen-bond acceptors (Lipinski definition) is 3. The second-order valence-corrected chi connectivity index (χ2v) is 2.53. The minimum absolute atomic E-state index is 0.0130. The molecule has 0 amide bonds. The third-order valence-electron chi connectivity index (χ3n) is 1.68. The maximum atomic E-state index is 12.8. The van der Waals surface area contributed by atoms with Crippen LogP contribution in [0.2, 0.25) is 0 Å². The summed E-state index contributed by atoms with van der Waals surface area (Å²) in [7, 11) is 0. The molecule has 0 bridgehead atoms. The Morgan fingerprint density at radius 3 is 2.75 bits per heavy atom. The molecule has 0 aliphatic rings. The molecule has 0 aliphatic carbocycles. The average Bonchev–Trinajstić information content (AvgIpc) is 2.08. The molecular weight excluding hydrogens is 159 g/mol. The summed E-state index contributed by atoms with van der Waals surface area (Å²) in [6, 6.07) is 3.75. The first-order valence-corrected chi connectivity index (χ1v) is 3.57. The Morgan fingerprint density at radius 2 is 2.17 bits per heavy atom. The molecular formula is C8H11FN2O. The third kappa shape index (κ3) is 1.54. The number of aliphatic hydroxyl groups is 1. The second kappa shape index (κ2) is 3.51. The molecule has 0 aromatic heterocycles. The van der Waals surface area contributed by atoms with E-state index < -0.39 is 11.9 Å². The van der Waals surface area contributed by atoms with Crippen molar-refractivity contribution in [2.75, 3.05) is 12.3 Å². The van der Waals surface area contributed by atoms with Gasteiger partial charge in [0.25, 0.3) is 0 Å². The molecule has 0 spiro atoms. The highest BCUT2D eigenvalue weighted by molar-refractivity contribution is 5.49. The van der Waals surface area contributed by atoms with Gasteiger partial charge in [0.2, 0.25) is 0 Å². The summed E-state index contributed by atoms with van der Waals surface area (Å²) in [5.41, 5.74) is 11.3. The first-order chi connectivity index (χ1) is 5.66. The lowest BCUT2D eigenvalue weighted by Crippen LogP contribution is -2.16. The highest BCUT2D eigenvalue weighted by Crippen LogP contribution is 2.20. The number of rotatable bonds is 2. The van der Waals surface area contributed by atoms with E-state index in [4.69, 9.17) is 16.6 Å². The molecule has 0 aliphatic heterocycles. The molecule has 4 heteroatoms. The minimum atomic E-state index is -0.610. The molecule has 66 valence electrons. The predicted molar refractivity (Wildman–Crippen MR) is 44.8 cm³/mol. The lowest BCUT2D eigenvalue weighted by atomic mass is 10.1. The number of anilines is 1. The van der Waals surface area contributed by atoms with Crippen LogP contribution < -0.4 is 11.5 Å². The molecule has 0 fully saturated rings. The minimum Gasteiger partial charge on any atom is -0.396 e. The van der Waals surface area contributed by atoms with Crippen LogP contribution >= 0.6 is 0 Å².